The molecule has 32 heavy (non-hydrogen) atoms. The molecule has 0 saturated heterocycles. The molecule has 5 aromatic rings. The molecule has 11 heteroatoms. The molecule has 0 bridgehead atoms. The quantitative estimate of drug-likeness (QED) is 0.438. The highest BCUT2D eigenvalue weighted by Crippen LogP contribution is 2.32. The van der Waals surface area contributed by atoms with Gasteiger partial charge in [-0.2, -0.15) is 10.2 Å². The molecule has 0 atom stereocenters. The Morgan fingerprint density at radius 2 is 1.97 bits per heavy atom. The standard InChI is InChI=1S/C21H19N7O3S/c1-13-15-11-24-17(16-12-25-27-8-4-7-23-21(16)27)10-18(15)28(26-13)19-9-14(32(29,30)22-2)5-6-20(19)31-3/h4-12,22H,1-3H3. The lowest BCUT2D eigenvalue weighted by Gasteiger charge is -2.12. The van der Waals surface area contributed by atoms with Gasteiger partial charge in [0.15, 0.2) is 5.65 Å². The van der Waals surface area contributed by atoms with Crippen LogP contribution in [-0.2, 0) is 10.0 Å². The van der Waals surface area contributed by atoms with Crippen molar-refractivity contribution >= 4 is 26.6 Å². The lowest BCUT2D eigenvalue weighted by atomic mass is 10.1. The Labute approximate surface area is 183 Å². The monoisotopic (exact) mass is 449 g/mol. The maximum Gasteiger partial charge on any atom is 0.240 e. The van der Waals surface area contributed by atoms with Gasteiger partial charge in [-0.15, -0.1) is 0 Å². The van der Waals surface area contributed by atoms with Gasteiger partial charge < -0.3 is 4.74 Å². The van der Waals surface area contributed by atoms with E-state index >= 15 is 0 Å². The summed E-state index contributed by atoms with van der Waals surface area (Å²) in [6.45, 7) is 1.87. The second-order valence-electron chi connectivity index (χ2n) is 7.07. The van der Waals surface area contributed by atoms with E-state index in [1.807, 2.05) is 19.2 Å². The number of nitrogens with one attached hydrogen (secondary N) is 1. The number of ether oxygens (including phenoxy) is 1. The van der Waals surface area contributed by atoms with Crippen molar-refractivity contribution in [2.75, 3.05) is 14.2 Å². The summed E-state index contributed by atoms with van der Waals surface area (Å²) >= 11 is 0. The maximum absolute atomic E-state index is 12.4. The van der Waals surface area contributed by atoms with Crippen LogP contribution in [0.5, 0.6) is 5.75 Å². The van der Waals surface area contributed by atoms with Gasteiger partial charge in [0, 0.05) is 24.0 Å². The van der Waals surface area contributed by atoms with Gasteiger partial charge in [-0.25, -0.2) is 27.3 Å². The third kappa shape index (κ3) is 3.10. The molecule has 0 fully saturated rings. The zero-order valence-corrected chi connectivity index (χ0v) is 18.3. The fraction of sp³-hybridized carbons (Fsp3) is 0.143. The first-order chi connectivity index (χ1) is 15.4. The zero-order chi connectivity index (χ0) is 22.5. The number of fused-ring (bicyclic) bond motifs is 2. The predicted molar refractivity (Wildman–Crippen MR) is 118 cm³/mol. The van der Waals surface area contributed by atoms with E-state index in [2.05, 4.69) is 24.9 Å². The Hall–Kier alpha value is -3.83. The maximum atomic E-state index is 12.4. The molecule has 0 aliphatic heterocycles. The smallest absolute Gasteiger partial charge is 0.240 e. The summed E-state index contributed by atoms with van der Waals surface area (Å²) < 4.78 is 35.9. The van der Waals surface area contributed by atoms with Crippen LogP contribution in [0.4, 0.5) is 0 Å². The topological polar surface area (TPSA) is 116 Å². The first-order valence-electron chi connectivity index (χ1n) is 9.69. The van der Waals surface area contributed by atoms with Crippen LogP contribution in [0.15, 0.2) is 60.0 Å². The summed E-state index contributed by atoms with van der Waals surface area (Å²) in [7, 11) is -0.747. The first-order valence-corrected chi connectivity index (χ1v) is 11.2. The van der Waals surface area contributed by atoms with Gasteiger partial charge >= 0.3 is 0 Å². The molecular formula is C21H19N7O3S. The number of aromatic nitrogens is 6. The summed E-state index contributed by atoms with van der Waals surface area (Å²) in [6, 6.07) is 8.33. The van der Waals surface area contributed by atoms with E-state index in [-0.39, 0.29) is 4.90 Å². The van der Waals surface area contributed by atoms with E-state index < -0.39 is 10.0 Å². The number of sulfonamides is 1. The van der Waals surface area contributed by atoms with Gasteiger partial charge in [-0.1, -0.05) is 0 Å². The molecule has 0 saturated carbocycles. The van der Waals surface area contributed by atoms with Crippen LogP contribution < -0.4 is 9.46 Å². The van der Waals surface area contributed by atoms with Crippen LogP contribution in [-0.4, -0.2) is 51.9 Å². The average Bonchev–Trinajstić information content (AvgIpc) is 3.39. The Morgan fingerprint density at radius 1 is 1.12 bits per heavy atom. The van der Waals surface area contributed by atoms with Crippen LogP contribution in [0.1, 0.15) is 5.69 Å². The summed E-state index contributed by atoms with van der Waals surface area (Å²) in [5.74, 6) is 0.487. The number of rotatable bonds is 5. The van der Waals surface area contributed by atoms with Crippen LogP contribution in [0, 0.1) is 6.92 Å². The normalized spacial score (nSPS) is 12.0. The number of methoxy groups -OCH3 is 1. The fourth-order valence-corrected chi connectivity index (χ4v) is 4.37. The molecule has 10 nitrogen and oxygen atoms in total. The van der Waals surface area contributed by atoms with Crippen molar-refractivity contribution in [2.24, 2.45) is 0 Å². The molecule has 0 amide bonds. The molecule has 4 aromatic heterocycles. The second-order valence-corrected chi connectivity index (χ2v) is 8.96. The summed E-state index contributed by atoms with van der Waals surface area (Å²) in [5.41, 5.74) is 4.13. The number of hydrogen-bond donors (Lipinski definition) is 1. The number of benzene rings is 1. The molecule has 5 rings (SSSR count). The number of nitrogens with zero attached hydrogens (tertiary/aromatic N) is 6. The van der Waals surface area contributed by atoms with Gasteiger partial charge in [0.2, 0.25) is 10.0 Å². The Morgan fingerprint density at radius 3 is 2.75 bits per heavy atom. The fourth-order valence-electron chi connectivity index (χ4n) is 3.62. The number of aryl methyl sites for hydroxylation is 1. The lowest BCUT2D eigenvalue weighted by molar-refractivity contribution is 0.411. The first kappa shape index (κ1) is 20.1. The third-order valence-corrected chi connectivity index (χ3v) is 6.67. The molecule has 0 unspecified atom stereocenters. The van der Waals surface area contributed by atoms with Crippen LogP contribution >= 0.6 is 0 Å². The molecule has 1 aromatic carbocycles. The summed E-state index contributed by atoms with van der Waals surface area (Å²) in [6.07, 6.45) is 6.98. The predicted octanol–water partition coefficient (Wildman–Crippen LogP) is 2.36. The largest absolute Gasteiger partial charge is 0.494 e. The Balaban J connectivity index is 1.76. The molecule has 162 valence electrons. The van der Waals surface area contributed by atoms with E-state index in [1.165, 1.54) is 26.3 Å². The molecule has 0 radical (unpaired) electrons. The van der Waals surface area contributed by atoms with Crippen molar-refractivity contribution in [2.45, 2.75) is 11.8 Å². The summed E-state index contributed by atoms with van der Waals surface area (Å²) in [5, 5.41) is 9.82. The van der Waals surface area contributed by atoms with E-state index in [0.717, 1.165) is 22.2 Å². The molecule has 0 spiro atoms. The lowest BCUT2D eigenvalue weighted by Crippen LogP contribution is -2.19. The minimum Gasteiger partial charge on any atom is -0.494 e. The van der Waals surface area contributed by atoms with E-state index in [4.69, 9.17) is 4.74 Å². The van der Waals surface area contributed by atoms with Crippen LogP contribution in [0.2, 0.25) is 0 Å². The number of hydrogen-bond acceptors (Lipinski definition) is 7. The molecule has 0 aliphatic rings. The van der Waals surface area contributed by atoms with E-state index in [0.29, 0.717) is 22.8 Å². The van der Waals surface area contributed by atoms with Crippen molar-refractivity contribution in [3.8, 4) is 22.7 Å². The summed E-state index contributed by atoms with van der Waals surface area (Å²) in [4.78, 5) is 9.11. The Kier molecular flexibility index (Phi) is 4.64. The molecular weight excluding hydrogens is 430 g/mol. The average molecular weight is 449 g/mol. The van der Waals surface area contributed by atoms with Crippen molar-refractivity contribution in [3.63, 3.8) is 0 Å². The minimum atomic E-state index is -3.65. The van der Waals surface area contributed by atoms with E-state index in [1.54, 1.807) is 39.9 Å². The molecule has 0 aliphatic carbocycles. The van der Waals surface area contributed by atoms with Crippen molar-refractivity contribution in [1.29, 1.82) is 0 Å². The van der Waals surface area contributed by atoms with Crippen molar-refractivity contribution in [3.05, 3.63) is 60.8 Å². The SMILES string of the molecule is CNS(=O)(=O)c1ccc(OC)c(-n2nc(C)c3cnc(-c4cnn5cccnc45)cc32)c1. The van der Waals surface area contributed by atoms with Crippen molar-refractivity contribution < 1.29 is 13.2 Å². The van der Waals surface area contributed by atoms with Gasteiger partial charge in [0.25, 0.3) is 0 Å². The van der Waals surface area contributed by atoms with E-state index in [9.17, 15) is 8.42 Å². The van der Waals surface area contributed by atoms with Gasteiger partial charge in [0.05, 0.1) is 40.7 Å². The highest BCUT2D eigenvalue weighted by atomic mass is 32.2. The Bertz CT molecular complexity index is 1590. The van der Waals surface area contributed by atoms with Gasteiger partial charge in [-0.05, 0) is 44.3 Å². The van der Waals surface area contributed by atoms with Gasteiger partial charge in [0.1, 0.15) is 11.4 Å². The second kappa shape index (κ2) is 7.39. The minimum absolute atomic E-state index is 0.109. The number of pyridine rings is 1. The zero-order valence-electron chi connectivity index (χ0n) is 17.5. The van der Waals surface area contributed by atoms with Crippen LogP contribution in [0.25, 0.3) is 33.5 Å². The molecule has 1 N–H and O–H groups in total. The highest BCUT2D eigenvalue weighted by Gasteiger charge is 2.20. The molecule has 4 heterocycles. The highest BCUT2D eigenvalue weighted by molar-refractivity contribution is 7.89. The third-order valence-electron chi connectivity index (χ3n) is 5.26. The van der Waals surface area contributed by atoms with Crippen molar-refractivity contribution in [1.82, 2.24) is 34.1 Å². The van der Waals surface area contributed by atoms with Gasteiger partial charge in [-0.3, -0.25) is 4.98 Å². The van der Waals surface area contributed by atoms with Crippen LogP contribution in [0.3, 0.4) is 0 Å².